The SMILES string of the molecule is O=C(Cc1cccs1)NC1C(=O)N2CC(Sc3cc(Cl)ccc3Cl)(C(=O)O)CS[C@H]12. The van der Waals surface area contributed by atoms with E-state index in [1.165, 1.54) is 28.0 Å². The maximum atomic E-state index is 12.7. The number of rotatable bonds is 6. The molecule has 2 fully saturated rings. The molecule has 2 unspecified atom stereocenters. The monoisotopic (exact) mass is 502 g/mol. The van der Waals surface area contributed by atoms with E-state index in [1.807, 2.05) is 17.5 Å². The molecule has 2 saturated heterocycles. The molecule has 4 rings (SSSR count). The van der Waals surface area contributed by atoms with Gasteiger partial charge in [0.1, 0.15) is 16.2 Å². The van der Waals surface area contributed by atoms with Gasteiger partial charge in [0.25, 0.3) is 0 Å². The molecule has 0 saturated carbocycles. The highest BCUT2D eigenvalue weighted by molar-refractivity contribution is 8.05. The number of carbonyl (C=O) groups is 3. The summed E-state index contributed by atoms with van der Waals surface area (Å²) in [5, 5.41) is 15.2. The second-order valence-corrected chi connectivity index (χ2v) is 11.4. The Morgan fingerprint density at radius 2 is 2.13 bits per heavy atom. The summed E-state index contributed by atoms with van der Waals surface area (Å²) in [4.78, 5) is 40.1. The molecule has 2 aliphatic rings. The maximum Gasteiger partial charge on any atom is 0.322 e. The van der Waals surface area contributed by atoms with Crippen LogP contribution in [-0.2, 0) is 20.8 Å². The van der Waals surface area contributed by atoms with Gasteiger partial charge in [0.05, 0.1) is 11.4 Å². The van der Waals surface area contributed by atoms with Gasteiger partial charge in [-0.15, -0.1) is 34.9 Å². The molecule has 158 valence electrons. The zero-order valence-corrected chi connectivity index (χ0v) is 19.3. The first-order valence-electron chi connectivity index (χ1n) is 8.90. The molecule has 6 nitrogen and oxygen atoms in total. The van der Waals surface area contributed by atoms with Gasteiger partial charge >= 0.3 is 5.97 Å². The number of β-lactam (4-membered cyclic amide) rings is 1. The molecule has 0 radical (unpaired) electrons. The Kier molecular flexibility index (Phi) is 6.28. The van der Waals surface area contributed by atoms with Crippen molar-refractivity contribution in [2.45, 2.75) is 27.5 Å². The molecule has 0 bridgehead atoms. The summed E-state index contributed by atoms with van der Waals surface area (Å²) in [6.45, 7) is 0.0314. The van der Waals surface area contributed by atoms with E-state index in [2.05, 4.69) is 5.32 Å². The molecular formula is C19H16Cl2N2O4S3. The summed E-state index contributed by atoms with van der Waals surface area (Å²) < 4.78 is -1.25. The number of fused-ring (bicyclic) bond motifs is 1. The third-order valence-electron chi connectivity index (χ3n) is 4.87. The lowest BCUT2D eigenvalue weighted by Crippen LogP contribution is -2.74. The van der Waals surface area contributed by atoms with Crippen molar-refractivity contribution in [3.05, 3.63) is 50.6 Å². The summed E-state index contributed by atoms with van der Waals surface area (Å²) in [6.07, 6.45) is 0.223. The highest BCUT2D eigenvalue weighted by atomic mass is 35.5. The first-order chi connectivity index (χ1) is 14.3. The van der Waals surface area contributed by atoms with Crippen LogP contribution in [0.4, 0.5) is 0 Å². The number of hydrogen-bond donors (Lipinski definition) is 2. The molecule has 0 spiro atoms. The van der Waals surface area contributed by atoms with Crippen LogP contribution in [0.25, 0.3) is 0 Å². The second-order valence-electron chi connectivity index (χ2n) is 6.95. The smallest absolute Gasteiger partial charge is 0.322 e. The highest BCUT2D eigenvalue weighted by Crippen LogP contribution is 2.48. The first-order valence-corrected chi connectivity index (χ1v) is 12.4. The Morgan fingerprint density at radius 1 is 1.33 bits per heavy atom. The van der Waals surface area contributed by atoms with Crippen molar-refractivity contribution >= 4 is 75.8 Å². The number of nitrogens with zero attached hydrogens (tertiary/aromatic N) is 1. The number of halogens is 2. The Labute approximate surface area is 195 Å². The lowest BCUT2D eigenvalue weighted by molar-refractivity contribution is -0.152. The van der Waals surface area contributed by atoms with Gasteiger partial charge in [-0.25, -0.2) is 0 Å². The van der Waals surface area contributed by atoms with Crippen LogP contribution in [0, 0.1) is 0 Å². The van der Waals surface area contributed by atoms with Crippen LogP contribution in [0.5, 0.6) is 0 Å². The summed E-state index contributed by atoms with van der Waals surface area (Å²) in [6, 6.07) is 7.99. The number of carboxylic acid groups (broad SMARTS) is 1. The molecule has 3 atom stereocenters. The zero-order valence-electron chi connectivity index (χ0n) is 15.3. The van der Waals surface area contributed by atoms with Gasteiger partial charge in [-0.1, -0.05) is 29.3 Å². The molecule has 1 aromatic carbocycles. The molecule has 0 aliphatic carbocycles. The van der Waals surface area contributed by atoms with E-state index < -0.39 is 16.8 Å². The predicted molar refractivity (Wildman–Crippen MR) is 121 cm³/mol. The summed E-state index contributed by atoms with van der Waals surface area (Å²) in [5.41, 5.74) is 0. The number of nitrogens with one attached hydrogen (secondary N) is 1. The Morgan fingerprint density at radius 3 is 2.83 bits per heavy atom. The minimum absolute atomic E-state index is 0.0314. The summed E-state index contributed by atoms with van der Waals surface area (Å²) in [5.74, 6) is -1.24. The van der Waals surface area contributed by atoms with Gasteiger partial charge in [-0.05, 0) is 29.6 Å². The van der Waals surface area contributed by atoms with Crippen LogP contribution in [0.1, 0.15) is 4.88 Å². The topological polar surface area (TPSA) is 86.7 Å². The molecule has 2 aliphatic heterocycles. The lowest BCUT2D eigenvalue weighted by atomic mass is 10.0. The van der Waals surface area contributed by atoms with E-state index in [-0.39, 0.29) is 35.9 Å². The molecule has 2 amide bonds. The van der Waals surface area contributed by atoms with Crippen molar-refractivity contribution in [1.29, 1.82) is 0 Å². The van der Waals surface area contributed by atoms with Gasteiger partial charge in [0.15, 0.2) is 0 Å². The standard InChI is InChI=1S/C19H16Cl2N2O4S3/c20-10-3-4-12(21)13(6-10)30-19(18(26)27)8-23-16(25)15(17(23)29-9-19)22-14(24)7-11-2-1-5-28-11/h1-6,15,17H,7-9H2,(H,22,24)(H,26,27)/t15?,17-,19?/m1/s1. The minimum Gasteiger partial charge on any atom is -0.480 e. The van der Waals surface area contributed by atoms with Crippen LogP contribution in [0.2, 0.25) is 10.0 Å². The van der Waals surface area contributed by atoms with Gasteiger partial charge < -0.3 is 15.3 Å². The summed E-state index contributed by atoms with van der Waals surface area (Å²) >= 11 is 16.2. The number of carboxylic acids is 1. The number of carbonyl (C=O) groups excluding carboxylic acids is 2. The third-order valence-corrected chi connectivity index (χ3v) is 9.53. The van der Waals surface area contributed by atoms with Crippen LogP contribution in [0.15, 0.2) is 40.6 Å². The van der Waals surface area contributed by atoms with Crippen molar-refractivity contribution in [2.24, 2.45) is 0 Å². The van der Waals surface area contributed by atoms with Crippen LogP contribution >= 0.6 is 58.1 Å². The van der Waals surface area contributed by atoms with Gasteiger partial charge in [0.2, 0.25) is 11.8 Å². The van der Waals surface area contributed by atoms with Crippen LogP contribution in [0.3, 0.4) is 0 Å². The normalized spacial score (nSPS) is 25.4. The molecule has 2 N–H and O–H groups in total. The molecule has 11 heteroatoms. The Hall–Kier alpha value is -1.39. The number of aliphatic carboxylic acids is 1. The van der Waals surface area contributed by atoms with Crippen molar-refractivity contribution in [3.63, 3.8) is 0 Å². The molecule has 30 heavy (non-hydrogen) atoms. The minimum atomic E-state index is -1.25. The van der Waals surface area contributed by atoms with E-state index >= 15 is 0 Å². The maximum absolute atomic E-state index is 12.7. The fraction of sp³-hybridized carbons (Fsp3) is 0.316. The average molecular weight is 503 g/mol. The number of thiophene rings is 1. The molecule has 3 heterocycles. The quantitative estimate of drug-likeness (QED) is 0.586. The Balaban J connectivity index is 1.45. The summed E-state index contributed by atoms with van der Waals surface area (Å²) in [7, 11) is 0. The van der Waals surface area contributed by atoms with Crippen molar-refractivity contribution in [3.8, 4) is 0 Å². The average Bonchev–Trinajstić information content (AvgIpc) is 3.21. The predicted octanol–water partition coefficient (Wildman–Crippen LogP) is 3.61. The zero-order chi connectivity index (χ0) is 21.5. The largest absolute Gasteiger partial charge is 0.480 e. The van der Waals surface area contributed by atoms with E-state index in [1.54, 1.807) is 18.2 Å². The highest BCUT2D eigenvalue weighted by Gasteiger charge is 2.58. The number of thioether (sulfide) groups is 2. The third kappa shape index (κ3) is 4.18. The number of amides is 2. The second kappa shape index (κ2) is 8.63. The number of benzene rings is 1. The van der Waals surface area contributed by atoms with Gasteiger partial charge in [0, 0.05) is 27.1 Å². The van der Waals surface area contributed by atoms with Crippen molar-refractivity contribution in [2.75, 3.05) is 12.3 Å². The molecular weight excluding hydrogens is 487 g/mol. The van der Waals surface area contributed by atoms with E-state index in [4.69, 9.17) is 23.2 Å². The van der Waals surface area contributed by atoms with Gasteiger partial charge in [-0.3, -0.25) is 14.4 Å². The van der Waals surface area contributed by atoms with Crippen LogP contribution in [-0.4, -0.2) is 56.3 Å². The van der Waals surface area contributed by atoms with Crippen LogP contribution < -0.4 is 5.32 Å². The molecule has 1 aromatic heterocycles. The van der Waals surface area contributed by atoms with E-state index in [0.717, 1.165) is 16.6 Å². The fourth-order valence-corrected chi connectivity index (χ4v) is 7.42. The van der Waals surface area contributed by atoms with E-state index in [9.17, 15) is 19.5 Å². The Bertz CT molecular complexity index is 1000. The first kappa shape index (κ1) is 21.8. The lowest BCUT2D eigenvalue weighted by Gasteiger charge is -2.53. The van der Waals surface area contributed by atoms with Crippen molar-refractivity contribution < 1.29 is 19.5 Å². The number of hydrogen-bond acceptors (Lipinski definition) is 6. The van der Waals surface area contributed by atoms with Crippen molar-refractivity contribution in [1.82, 2.24) is 10.2 Å². The molecule has 2 aromatic rings. The van der Waals surface area contributed by atoms with Gasteiger partial charge in [-0.2, -0.15) is 0 Å². The fourth-order valence-electron chi connectivity index (χ4n) is 3.35. The van der Waals surface area contributed by atoms with E-state index in [0.29, 0.717) is 14.9 Å².